The SMILES string of the molecule is CN1CCN(CC(C)(C)C)C2(CC2)C1. The summed E-state index contributed by atoms with van der Waals surface area (Å²) in [5.74, 6) is 0. The molecule has 14 heavy (non-hydrogen) atoms. The highest BCUT2D eigenvalue weighted by Gasteiger charge is 2.50. The Morgan fingerprint density at radius 2 is 1.79 bits per heavy atom. The first-order valence-corrected chi connectivity index (χ1v) is 5.85. The van der Waals surface area contributed by atoms with Crippen LogP contribution in [0.4, 0.5) is 0 Å². The summed E-state index contributed by atoms with van der Waals surface area (Å²) in [4.78, 5) is 5.24. The third-order valence-electron chi connectivity index (χ3n) is 3.48. The second kappa shape index (κ2) is 3.21. The zero-order valence-electron chi connectivity index (χ0n) is 10.1. The molecule has 1 spiro atoms. The first-order valence-electron chi connectivity index (χ1n) is 5.85. The summed E-state index contributed by atoms with van der Waals surface area (Å²) in [7, 11) is 2.26. The van der Waals surface area contributed by atoms with Crippen LogP contribution in [0.25, 0.3) is 0 Å². The van der Waals surface area contributed by atoms with Crippen LogP contribution >= 0.6 is 0 Å². The molecule has 0 aromatic heterocycles. The van der Waals surface area contributed by atoms with Gasteiger partial charge in [-0.05, 0) is 25.3 Å². The van der Waals surface area contributed by atoms with Gasteiger partial charge in [0.15, 0.2) is 0 Å². The highest BCUT2D eigenvalue weighted by molar-refractivity contribution is 5.08. The minimum atomic E-state index is 0.450. The lowest BCUT2D eigenvalue weighted by molar-refractivity contribution is 0.0467. The molecule has 0 aromatic rings. The number of piperazine rings is 1. The molecule has 0 unspecified atom stereocenters. The fourth-order valence-electron chi connectivity index (χ4n) is 2.65. The van der Waals surface area contributed by atoms with Crippen molar-refractivity contribution in [2.45, 2.75) is 39.2 Å². The molecule has 2 fully saturated rings. The van der Waals surface area contributed by atoms with Gasteiger partial charge in [-0.15, -0.1) is 0 Å². The lowest BCUT2D eigenvalue weighted by atomic mass is 9.94. The second-order valence-electron chi connectivity index (χ2n) is 6.44. The third kappa shape index (κ3) is 2.12. The van der Waals surface area contributed by atoms with Gasteiger partial charge in [0.25, 0.3) is 0 Å². The molecule has 0 radical (unpaired) electrons. The van der Waals surface area contributed by atoms with E-state index in [1.165, 1.54) is 39.0 Å². The molecule has 1 aliphatic carbocycles. The fraction of sp³-hybridized carbons (Fsp3) is 1.00. The van der Waals surface area contributed by atoms with Gasteiger partial charge in [-0.2, -0.15) is 0 Å². The van der Waals surface area contributed by atoms with Crippen LogP contribution in [0.1, 0.15) is 33.6 Å². The predicted molar refractivity (Wildman–Crippen MR) is 60.5 cm³/mol. The number of hydrogen-bond acceptors (Lipinski definition) is 2. The van der Waals surface area contributed by atoms with Crippen molar-refractivity contribution in [2.75, 3.05) is 33.2 Å². The molecule has 1 aliphatic heterocycles. The lowest BCUT2D eigenvalue weighted by Crippen LogP contribution is -2.55. The van der Waals surface area contributed by atoms with Crippen LogP contribution in [0.2, 0.25) is 0 Å². The minimum Gasteiger partial charge on any atom is -0.303 e. The molecule has 0 N–H and O–H groups in total. The van der Waals surface area contributed by atoms with E-state index in [2.05, 4.69) is 37.6 Å². The first kappa shape index (κ1) is 10.4. The van der Waals surface area contributed by atoms with Gasteiger partial charge in [0.05, 0.1) is 0 Å². The second-order valence-corrected chi connectivity index (χ2v) is 6.44. The Morgan fingerprint density at radius 1 is 1.14 bits per heavy atom. The number of hydrogen-bond donors (Lipinski definition) is 0. The van der Waals surface area contributed by atoms with Gasteiger partial charge in [0.1, 0.15) is 0 Å². The normalized spacial score (nSPS) is 28.3. The maximum atomic E-state index is 2.74. The molecule has 0 amide bonds. The van der Waals surface area contributed by atoms with Crippen LogP contribution in [0, 0.1) is 5.41 Å². The topological polar surface area (TPSA) is 6.48 Å². The zero-order chi connectivity index (χ0) is 10.4. The van der Waals surface area contributed by atoms with E-state index < -0.39 is 0 Å². The van der Waals surface area contributed by atoms with Gasteiger partial charge in [0.2, 0.25) is 0 Å². The Hall–Kier alpha value is -0.0800. The summed E-state index contributed by atoms with van der Waals surface area (Å²) < 4.78 is 0. The minimum absolute atomic E-state index is 0.450. The van der Waals surface area contributed by atoms with Crippen LogP contribution in [-0.2, 0) is 0 Å². The molecule has 0 bridgehead atoms. The molecule has 1 saturated carbocycles. The highest BCUT2D eigenvalue weighted by Crippen LogP contribution is 2.44. The van der Waals surface area contributed by atoms with Gasteiger partial charge >= 0.3 is 0 Å². The van der Waals surface area contributed by atoms with E-state index in [9.17, 15) is 0 Å². The van der Waals surface area contributed by atoms with E-state index in [4.69, 9.17) is 0 Å². The number of rotatable bonds is 1. The van der Waals surface area contributed by atoms with Gasteiger partial charge in [-0.25, -0.2) is 0 Å². The molecule has 2 nitrogen and oxygen atoms in total. The van der Waals surface area contributed by atoms with Gasteiger partial charge < -0.3 is 4.90 Å². The van der Waals surface area contributed by atoms with Crippen LogP contribution in [0.5, 0.6) is 0 Å². The summed E-state index contributed by atoms with van der Waals surface area (Å²) in [5.41, 5.74) is 1.03. The van der Waals surface area contributed by atoms with Crippen molar-refractivity contribution in [1.82, 2.24) is 9.80 Å². The molecule has 2 heteroatoms. The zero-order valence-corrected chi connectivity index (χ0v) is 10.1. The lowest BCUT2D eigenvalue weighted by Gasteiger charge is -2.43. The van der Waals surface area contributed by atoms with Crippen molar-refractivity contribution in [3.8, 4) is 0 Å². The molecule has 0 atom stereocenters. The van der Waals surface area contributed by atoms with E-state index in [1.807, 2.05) is 0 Å². The van der Waals surface area contributed by atoms with Gasteiger partial charge in [0, 0.05) is 31.7 Å². The Labute approximate surface area is 88.3 Å². The van der Waals surface area contributed by atoms with Crippen molar-refractivity contribution in [3.05, 3.63) is 0 Å². The van der Waals surface area contributed by atoms with Crippen LogP contribution in [-0.4, -0.2) is 48.6 Å². The maximum absolute atomic E-state index is 2.74. The smallest absolute Gasteiger partial charge is 0.0338 e. The number of likely N-dealkylation sites (N-methyl/N-ethyl adjacent to an activating group) is 1. The van der Waals surface area contributed by atoms with Gasteiger partial charge in [-0.1, -0.05) is 20.8 Å². The Morgan fingerprint density at radius 3 is 2.29 bits per heavy atom. The van der Waals surface area contributed by atoms with Crippen molar-refractivity contribution in [3.63, 3.8) is 0 Å². The Bertz CT molecular complexity index is 213. The molecule has 82 valence electrons. The van der Waals surface area contributed by atoms with Crippen molar-refractivity contribution < 1.29 is 0 Å². The monoisotopic (exact) mass is 196 g/mol. The van der Waals surface area contributed by atoms with E-state index in [1.54, 1.807) is 0 Å². The highest BCUT2D eigenvalue weighted by atomic mass is 15.3. The molecular weight excluding hydrogens is 172 g/mol. The molecule has 2 rings (SSSR count). The molecule has 0 aromatic carbocycles. The molecule has 2 aliphatic rings. The predicted octanol–water partition coefficient (Wildman–Crippen LogP) is 1.81. The summed E-state index contributed by atoms with van der Waals surface area (Å²) in [6.07, 6.45) is 2.85. The van der Waals surface area contributed by atoms with Crippen LogP contribution < -0.4 is 0 Å². The average Bonchev–Trinajstić information content (AvgIpc) is 2.75. The van der Waals surface area contributed by atoms with Crippen molar-refractivity contribution >= 4 is 0 Å². The Kier molecular flexibility index (Phi) is 2.39. The maximum Gasteiger partial charge on any atom is 0.0338 e. The number of nitrogens with zero attached hydrogens (tertiary/aromatic N) is 2. The largest absolute Gasteiger partial charge is 0.303 e. The molecular formula is C12H24N2. The standard InChI is InChI=1S/C12H24N2/c1-11(2,3)9-14-8-7-13(4)10-12(14)5-6-12/h5-10H2,1-4H3. The van der Waals surface area contributed by atoms with Crippen LogP contribution in [0.15, 0.2) is 0 Å². The average molecular weight is 196 g/mol. The molecule has 1 saturated heterocycles. The Balaban J connectivity index is 1.98. The van der Waals surface area contributed by atoms with Crippen molar-refractivity contribution in [2.24, 2.45) is 5.41 Å². The quantitative estimate of drug-likeness (QED) is 0.631. The van der Waals surface area contributed by atoms with E-state index in [0.717, 1.165) is 0 Å². The third-order valence-corrected chi connectivity index (χ3v) is 3.48. The summed E-state index contributed by atoms with van der Waals surface area (Å²) in [5, 5.41) is 0. The summed E-state index contributed by atoms with van der Waals surface area (Å²) >= 11 is 0. The van der Waals surface area contributed by atoms with E-state index in [-0.39, 0.29) is 0 Å². The molecule has 1 heterocycles. The van der Waals surface area contributed by atoms with Gasteiger partial charge in [-0.3, -0.25) is 4.90 Å². The summed E-state index contributed by atoms with van der Waals surface area (Å²) in [6.45, 7) is 12.1. The summed E-state index contributed by atoms with van der Waals surface area (Å²) in [6, 6.07) is 0. The van der Waals surface area contributed by atoms with Crippen molar-refractivity contribution in [1.29, 1.82) is 0 Å². The first-order chi connectivity index (χ1) is 6.41. The fourth-order valence-corrected chi connectivity index (χ4v) is 2.65. The van der Waals surface area contributed by atoms with Crippen LogP contribution in [0.3, 0.4) is 0 Å². The van der Waals surface area contributed by atoms with E-state index in [0.29, 0.717) is 11.0 Å². The van der Waals surface area contributed by atoms with E-state index >= 15 is 0 Å².